The van der Waals surface area contributed by atoms with E-state index in [9.17, 15) is 0 Å². The van der Waals surface area contributed by atoms with Crippen LogP contribution in [-0.4, -0.2) is 51.3 Å². The number of hydrogen-bond donors (Lipinski definition) is 1. The van der Waals surface area contributed by atoms with Crippen LogP contribution in [0.2, 0.25) is 0 Å². The maximum atomic E-state index is 6.09. The Bertz CT molecular complexity index is 504. The molecule has 1 aromatic carbocycles. The van der Waals surface area contributed by atoms with Gasteiger partial charge in [0.1, 0.15) is 17.2 Å². The SMILES string of the molecule is COc1cc(OC)cc(OCCCN=C(N)N2CCCCCC2)c1. The zero-order valence-corrected chi connectivity index (χ0v) is 14.8. The van der Waals surface area contributed by atoms with Crippen LogP contribution in [-0.2, 0) is 0 Å². The van der Waals surface area contributed by atoms with E-state index in [0.717, 1.165) is 25.3 Å². The van der Waals surface area contributed by atoms with E-state index in [1.165, 1.54) is 25.7 Å². The summed E-state index contributed by atoms with van der Waals surface area (Å²) in [5.74, 6) is 2.83. The first-order chi connectivity index (χ1) is 11.7. The normalized spacial score (nSPS) is 15.8. The fourth-order valence-electron chi connectivity index (χ4n) is 2.71. The highest BCUT2D eigenvalue weighted by molar-refractivity contribution is 5.78. The van der Waals surface area contributed by atoms with Crippen molar-refractivity contribution in [2.45, 2.75) is 32.1 Å². The summed E-state index contributed by atoms with van der Waals surface area (Å²) in [4.78, 5) is 6.67. The fourth-order valence-corrected chi connectivity index (χ4v) is 2.71. The quantitative estimate of drug-likeness (QED) is 0.471. The standard InChI is InChI=1S/C18H29N3O3/c1-22-15-12-16(23-2)14-17(13-15)24-11-7-8-20-18(19)21-9-5-3-4-6-10-21/h12-14H,3-11H2,1-2H3,(H2,19,20). The second-order valence-electron chi connectivity index (χ2n) is 5.89. The number of likely N-dealkylation sites (tertiary alicyclic amines) is 1. The first kappa shape index (κ1) is 18.2. The Kier molecular flexibility index (Phi) is 7.52. The predicted octanol–water partition coefficient (Wildman–Crippen LogP) is 2.66. The smallest absolute Gasteiger partial charge is 0.191 e. The van der Waals surface area contributed by atoms with Gasteiger partial charge < -0.3 is 24.8 Å². The van der Waals surface area contributed by atoms with E-state index in [0.29, 0.717) is 30.6 Å². The second kappa shape index (κ2) is 9.90. The lowest BCUT2D eigenvalue weighted by Gasteiger charge is -2.21. The van der Waals surface area contributed by atoms with E-state index in [1.54, 1.807) is 14.2 Å². The molecular weight excluding hydrogens is 306 g/mol. The van der Waals surface area contributed by atoms with Crippen LogP contribution in [0.4, 0.5) is 0 Å². The minimum Gasteiger partial charge on any atom is -0.496 e. The zero-order chi connectivity index (χ0) is 17.2. The van der Waals surface area contributed by atoms with Gasteiger partial charge in [-0.15, -0.1) is 0 Å². The molecule has 0 unspecified atom stereocenters. The minimum atomic E-state index is 0.576. The molecule has 0 aliphatic carbocycles. The first-order valence-corrected chi connectivity index (χ1v) is 8.63. The van der Waals surface area contributed by atoms with Gasteiger partial charge in [0.15, 0.2) is 5.96 Å². The average Bonchev–Trinajstić information content (AvgIpc) is 2.90. The summed E-state index contributed by atoms with van der Waals surface area (Å²) in [5, 5.41) is 0. The molecule has 24 heavy (non-hydrogen) atoms. The Labute approximate surface area is 144 Å². The van der Waals surface area contributed by atoms with E-state index in [1.807, 2.05) is 18.2 Å². The number of nitrogens with two attached hydrogens (primary N) is 1. The molecule has 1 saturated heterocycles. The molecule has 0 atom stereocenters. The first-order valence-electron chi connectivity index (χ1n) is 8.63. The molecule has 1 aliphatic heterocycles. The number of nitrogens with zero attached hydrogens (tertiary/aromatic N) is 2. The lowest BCUT2D eigenvalue weighted by atomic mass is 10.2. The summed E-state index contributed by atoms with van der Waals surface area (Å²) in [6, 6.07) is 5.51. The Morgan fingerprint density at radius 2 is 1.58 bits per heavy atom. The van der Waals surface area contributed by atoms with Gasteiger partial charge in [-0.2, -0.15) is 0 Å². The highest BCUT2D eigenvalue weighted by Crippen LogP contribution is 2.27. The van der Waals surface area contributed by atoms with Gasteiger partial charge in [0.05, 0.1) is 20.8 Å². The molecule has 2 N–H and O–H groups in total. The third-order valence-electron chi connectivity index (χ3n) is 4.10. The molecule has 0 bridgehead atoms. The number of guanidine groups is 1. The Morgan fingerprint density at radius 1 is 1.00 bits per heavy atom. The van der Waals surface area contributed by atoms with Crippen LogP contribution in [0.3, 0.4) is 0 Å². The van der Waals surface area contributed by atoms with Gasteiger partial charge in [-0.1, -0.05) is 12.8 Å². The van der Waals surface area contributed by atoms with Crippen molar-refractivity contribution in [1.82, 2.24) is 4.90 Å². The zero-order valence-electron chi connectivity index (χ0n) is 14.8. The number of hydrogen-bond acceptors (Lipinski definition) is 4. The van der Waals surface area contributed by atoms with Gasteiger partial charge in [0.25, 0.3) is 0 Å². The van der Waals surface area contributed by atoms with Crippen LogP contribution in [0.15, 0.2) is 23.2 Å². The van der Waals surface area contributed by atoms with Crippen LogP contribution in [0.25, 0.3) is 0 Å². The van der Waals surface area contributed by atoms with Crippen molar-refractivity contribution in [3.63, 3.8) is 0 Å². The largest absolute Gasteiger partial charge is 0.496 e. The van der Waals surface area contributed by atoms with Crippen LogP contribution in [0, 0.1) is 0 Å². The van der Waals surface area contributed by atoms with E-state index in [2.05, 4.69) is 9.89 Å². The molecule has 0 saturated carbocycles. The molecule has 1 fully saturated rings. The predicted molar refractivity (Wildman–Crippen MR) is 96.2 cm³/mol. The summed E-state index contributed by atoms with van der Waals surface area (Å²) in [6.45, 7) is 3.29. The van der Waals surface area contributed by atoms with E-state index in [4.69, 9.17) is 19.9 Å². The number of rotatable bonds is 7. The van der Waals surface area contributed by atoms with Crippen molar-refractivity contribution >= 4 is 5.96 Å². The van der Waals surface area contributed by atoms with Crippen molar-refractivity contribution in [2.75, 3.05) is 40.5 Å². The lowest BCUT2D eigenvalue weighted by Crippen LogP contribution is -2.38. The molecule has 0 amide bonds. The summed E-state index contributed by atoms with van der Waals surface area (Å²) in [6.07, 6.45) is 5.81. The molecule has 1 aromatic rings. The lowest BCUT2D eigenvalue weighted by molar-refractivity contribution is 0.307. The molecule has 134 valence electrons. The van der Waals surface area contributed by atoms with Crippen LogP contribution >= 0.6 is 0 Å². The van der Waals surface area contributed by atoms with Crippen molar-refractivity contribution in [1.29, 1.82) is 0 Å². The molecular formula is C18H29N3O3. The van der Waals surface area contributed by atoms with Gasteiger partial charge in [-0.25, -0.2) is 0 Å². The Morgan fingerprint density at radius 3 is 2.17 bits per heavy atom. The highest BCUT2D eigenvalue weighted by Gasteiger charge is 2.10. The summed E-state index contributed by atoms with van der Waals surface area (Å²) in [5.41, 5.74) is 6.09. The maximum Gasteiger partial charge on any atom is 0.191 e. The molecule has 6 heteroatoms. The number of aliphatic imine (C=N–C) groups is 1. The maximum absolute atomic E-state index is 6.09. The van der Waals surface area contributed by atoms with Crippen molar-refractivity contribution < 1.29 is 14.2 Å². The second-order valence-corrected chi connectivity index (χ2v) is 5.89. The van der Waals surface area contributed by atoms with E-state index >= 15 is 0 Å². The number of benzene rings is 1. The van der Waals surface area contributed by atoms with E-state index < -0.39 is 0 Å². The van der Waals surface area contributed by atoms with Crippen LogP contribution in [0.5, 0.6) is 17.2 Å². The number of ether oxygens (including phenoxy) is 3. The van der Waals surface area contributed by atoms with E-state index in [-0.39, 0.29) is 0 Å². The summed E-state index contributed by atoms with van der Waals surface area (Å²) >= 11 is 0. The molecule has 6 nitrogen and oxygen atoms in total. The summed E-state index contributed by atoms with van der Waals surface area (Å²) < 4.78 is 16.2. The van der Waals surface area contributed by atoms with Gasteiger partial charge in [0, 0.05) is 44.3 Å². The highest BCUT2D eigenvalue weighted by atomic mass is 16.5. The minimum absolute atomic E-state index is 0.576. The molecule has 0 spiro atoms. The van der Waals surface area contributed by atoms with Gasteiger partial charge in [-0.05, 0) is 12.8 Å². The topological polar surface area (TPSA) is 69.3 Å². The molecule has 1 aliphatic rings. The van der Waals surface area contributed by atoms with Crippen molar-refractivity contribution in [2.24, 2.45) is 10.7 Å². The number of methoxy groups -OCH3 is 2. The fraction of sp³-hybridized carbons (Fsp3) is 0.611. The van der Waals surface area contributed by atoms with Crippen molar-refractivity contribution in [3.05, 3.63) is 18.2 Å². The molecule has 0 aromatic heterocycles. The van der Waals surface area contributed by atoms with Gasteiger partial charge in [0.2, 0.25) is 0 Å². The molecule has 1 heterocycles. The van der Waals surface area contributed by atoms with Gasteiger partial charge in [-0.3, -0.25) is 4.99 Å². The molecule has 2 rings (SSSR count). The van der Waals surface area contributed by atoms with Crippen LogP contribution < -0.4 is 19.9 Å². The average molecular weight is 335 g/mol. The Hall–Kier alpha value is -2.11. The summed E-state index contributed by atoms with van der Waals surface area (Å²) in [7, 11) is 3.25. The van der Waals surface area contributed by atoms with Crippen molar-refractivity contribution in [3.8, 4) is 17.2 Å². The Balaban J connectivity index is 1.75. The third-order valence-corrected chi connectivity index (χ3v) is 4.10. The van der Waals surface area contributed by atoms with Gasteiger partial charge >= 0.3 is 0 Å². The third kappa shape index (κ3) is 5.83. The molecule has 0 radical (unpaired) electrons. The van der Waals surface area contributed by atoms with Crippen LogP contribution in [0.1, 0.15) is 32.1 Å². The monoisotopic (exact) mass is 335 g/mol.